The molecular formula is C22H36N2O3. The molecular weight excluding hydrogens is 340 g/mol. The molecule has 1 aromatic rings. The summed E-state index contributed by atoms with van der Waals surface area (Å²) in [5.74, 6) is 0.930. The molecule has 1 saturated carbocycles. The number of nitrogens with one attached hydrogen (secondary N) is 1. The van der Waals surface area contributed by atoms with Crippen molar-refractivity contribution in [1.82, 2.24) is 10.2 Å². The van der Waals surface area contributed by atoms with Crippen LogP contribution in [0.4, 0.5) is 4.79 Å². The van der Waals surface area contributed by atoms with Crippen LogP contribution < -0.4 is 10.1 Å². The Balaban J connectivity index is 1.87. The first-order chi connectivity index (χ1) is 12.9. The molecule has 0 spiro atoms. The van der Waals surface area contributed by atoms with Crippen molar-refractivity contribution < 1.29 is 14.3 Å². The van der Waals surface area contributed by atoms with Gasteiger partial charge in [0.1, 0.15) is 5.75 Å². The predicted molar refractivity (Wildman–Crippen MR) is 109 cm³/mol. The maximum Gasteiger partial charge on any atom is 0.410 e. The predicted octanol–water partition coefficient (Wildman–Crippen LogP) is 4.35. The maximum atomic E-state index is 12.2. The van der Waals surface area contributed by atoms with Gasteiger partial charge in [0.05, 0.1) is 12.7 Å². The van der Waals surface area contributed by atoms with Gasteiger partial charge in [-0.3, -0.25) is 0 Å². The maximum absolute atomic E-state index is 12.2. The molecule has 0 unspecified atom stereocenters. The van der Waals surface area contributed by atoms with Gasteiger partial charge >= 0.3 is 6.09 Å². The average Bonchev–Trinajstić information content (AvgIpc) is 2.57. The lowest BCUT2D eigenvalue weighted by atomic mass is 9.64. The Morgan fingerprint density at radius 1 is 1.19 bits per heavy atom. The highest BCUT2D eigenvalue weighted by atomic mass is 16.6. The zero-order chi connectivity index (χ0) is 19.9. The van der Waals surface area contributed by atoms with E-state index >= 15 is 0 Å². The number of hydrogen-bond acceptors (Lipinski definition) is 4. The van der Waals surface area contributed by atoms with Gasteiger partial charge in [-0.15, -0.1) is 0 Å². The first-order valence-corrected chi connectivity index (χ1v) is 10.3. The van der Waals surface area contributed by atoms with Crippen LogP contribution >= 0.6 is 0 Å². The van der Waals surface area contributed by atoms with E-state index in [2.05, 4.69) is 29.6 Å². The number of carbonyl (C=O) groups is 1. The van der Waals surface area contributed by atoms with E-state index < -0.39 is 0 Å². The molecule has 5 heteroatoms. The van der Waals surface area contributed by atoms with Crippen molar-refractivity contribution in [3.63, 3.8) is 0 Å². The molecule has 0 radical (unpaired) electrons. The Morgan fingerprint density at radius 2 is 1.85 bits per heavy atom. The summed E-state index contributed by atoms with van der Waals surface area (Å²) >= 11 is 0. The number of rotatable bonds is 10. The first kappa shape index (κ1) is 21.5. The summed E-state index contributed by atoms with van der Waals surface area (Å²) in [4.78, 5) is 14.0. The van der Waals surface area contributed by atoms with Gasteiger partial charge in [-0.1, -0.05) is 18.6 Å². The van der Waals surface area contributed by atoms with Gasteiger partial charge in [0.25, 0.3) is 0 Å². The summed E-state index contributed by atoms with van der Waals surface area (Å²) in [5, 5.41) is 3.58. The molecule has 0 atom stereocenters. The fourth-order valence-corrected chi connectivity index (χ4v) is 3.60. The summed E-state index contributed by atoms with van der Waals surface area (Å²) in [6, 6.07) is 8.67. The molecule has 1 fully saturated rings. The zero-order valence-electron chi connectivity index (χ0n) is 17.6. The van der Waals surface area contributed by atoms with Crippen molar-refractivity contribution in [3.05, 3.63) is 29.8 Å². The molecule has 1 amide bonds. The van der Waals surface area contributed by atoms with Crippen molar-refractivity contribution in [2.24, 2.45) is 0 Å². The Labute approximate surface area is 164 Å². The summed E-state index contributed by atoms with van der Waals surface area (Å²) in [6.07, 6.45) is 3.36. The van der Waals surface area contributed by atoms with E-state index in [-0.39, 0.29) is 23.7 Å². The molecule has 0 saturated heterocycles. The summed E-state index contributed by atoms with van der Waals surface area (Å²) in [6.45, 7) is 12.9. The minimum absolute atomic E-state index is 0.0929. The average molecular weight is 377 g/mol. The van der Waals surface area contributed by atoms with E-state index in [1.807, 2.05) is 34.6 Å². The number of amides is 1. The Hall–Kier alpha value is -1.75. The van der Waals surface area contributed by atoms with Gasteiger partial charge in [-0.05, 0) is 65.2 Å². The topological polar surface area (TPSA) is 50.8 Å². The molecule has 1 N–H and O–H groups in total. The molecule has 1 aliphatic rings. The third-order valence-electron chi connectivity index (χ3n) is 5.28. The van der Waals surface area contributed by atoms with Crippen molar-refractivity contribution in [2.45, 2.75) is 71.4 Å². The van der Waals surface area contributed by atoms with Crippen LogP contribution in [0.1, 0.15) is 59.4 Å². The fraction of sp³-hybridized carbons (Fsp3) is 0.682. The second-order valence-corrected chi connectivity index (χ2v) is 7.99. The van der Waals surface area contributed by atoms with E-state index in [1.54, 1.807) is 4.90 Å². The van der Waals surface area contributed by atoms with Crippen LogP contribution in [-0.2, 0) is 10.2 Å². The normalized spacial score (nSPS) is 15.5. The standard InChI is InChI=1S/C22H36N2O3/c1-6-26-20-10-8-19(9-11-20)22(12-7-13-22)16-23-14-15-24(17(2)3)21(25)27-18(4)5/h8-11,17-18,23H,6-7,12-16H2,1-5H3. The van der Waals surface area contributed by atoms with Crippen LogP contribution in [0.2, 0.25) is 0 Å². The Morgan fingerprint density at radius 3 is 2.33 bits per heavy atom. The van der Waals surface area contributed by atoms with Gasteiger partial charge in [0, 0.05) is 31.1 Å². The van der Waals surface area contributed by atoms with Gasteiger partial charge < -0.3 is 19.7 Å². The lowest BCUT2D eigenvalue weighted by Crippen LogP contribution is -2.47. The minimum Gasteiger partial charge on any atom is -0.494 e. The summed E-state index contributed by atoms with van der Waals surface area (Å²) in [7, 11) is 0. The van der Waals surface area contributed by atoms with E-state index in [0.29, 0.717) is 13.2 Å². The summed E-state index contributed by atoms with van der Waals surface area (Å²) in [5.41, 5.74) is 1.59. The summed E-state index contributed by atoms with van der Waals surface area (Å²) < 4.78 is 10.9. The molecule has 0 heterocycles. The van der Waals surface area contributed by atoms with Gasteiger partial charge in [0.2, 0.25) is 0 Å². The van der Waals surface area contributed by atoms with Crippen LogP contribution in [-0.4, -0.2) is 49.4 Å². The van der Waals surface area contributed by atoms with E-state index in [0.717, 1.165) is 18.8 Å². The highest BCUT2D eigenvalue weighted by Crippen LogP contribution is 2.43. The monoisotopic (exact) mass is 376 g/mol. The van der Waals surface area contributed by atoms with E-state index in [9.17, 15) is 4.79 Å². The Bertz CT molecular complexity index is 580. The third kappa shape index (κ3) is 5.86. The lowest BCUT2D eigenvalue weighted by molar-refractivity contribution is 0.0678. The number of carbonyl (C=O) groups excluding carboxylic acids is 1. The minimum atomic E-state index is -0.230. The number of hydrogen-bond donors (Lipinski definition) is 1. The first-order valence-electron chi connectivity index (χ1n) is 10.3. The molecule has 1 aromatic carbocycles. The lowest BCUT2D eigenvalue weighted by Gasteiger charge is -2.43. The molecule has 2 rings (SSSR count). The SMILES string of the molecule is CCOc1ccc(C2(CNCCN(C(=O)OC(C)C)C(C)C)CCC2)cc1. The third-order valence-corrected chi connectivity index (χ3v) is 5.28. The highest BCUT2D eigenvalue weighted by Gasteiger charge is 2.38. The molecule has 27 heavy (non-hydrogen) atoms. The molecule has 0 aliphatic heterocycles. The van der Waals surface area contributed by atoms with Crippen molar-refractivity contribution in [3.8, 4) is 5.75 Å². The second kappa shape index (κ2) is 9.98. The van der Waals surface area contributed by atoms with E-state index in [1.165, 1.54) is 24.8 Å². The van der Waals surface area contributed by atoms with E-state index in [4.69, 9.17) is 9.47 Å². The molecule has 5 nitrogen and oxygen atoms in total. The molecule has 152 valence electrons. The fourth-order valence-electron chi connectivity index (χ4n) is 3.60. The number of ether oxygens (including phenoxy) is 2. The number of benzene rings is 1. The Kier molecular flexibility index (Phi) is 7.96. The van der Waals surface area contributed by atoms with Crippen molar-refractivity contribution in [1.29, 1.82) is 0 Å². The van der Waals surface area contributed by atoms with Crippen LogP contribution in [0.25, 0.3) is 0 Å². The van der Waals surface area contributed by atoms with Crippen LogP contribution in [0, 0.1) is 0 Å². The highest BCUT2D eigenvalue weighted by molar-refractivity contribution is 5.68. The molecule has 0 bridgehead atoms. The largest absolute Gasteiger partial charge is 0.494 e. The molecule has 1 aliphatic carbocycles. The van der Waals surface area contributed by atoms with Gasteiger partial charge in [-0.2, -0.15) is 0 Å². The van der Waals surface area contributed by atoms with Crippen LogP contribution in [0.5, 0.6) is 5.75 Å². The quantitative estimate of drug-likeness (QED) is 0.617. The van der Waals surface area contributed by atoms with Gasteiger partial charge in [0.15, 0.2) is 0 Å². The van der Waals surface area contributed by atoms with Crippen LogP contribution in [0.3, 0.4) is 0 Å². The van der Waals surface area contributed by atoms with Gasteiger partial charge in [-0.25, -0.2) is 4.79 Å². The van der Waals surface area contributed by atoms with Crippen molar-refractivity contribution in [2.75, 3.05) is 26.2 Å². The van der Waals surface area contributed by atoms with Crippen molar-refractivity contribution >= 4 is 6.09 Å². The molecule has 0 aromatic heterocycles. The zero-order valence-corrected chi connectivity index (χ0v) is 17.6. The second-order valence-electron chi connectivity index (χ2n) is 7.99. The smallest absolute Gasteiger partial charge is 0.410 e. The van der Waals surface area contributed by atoms with Crippen LogP contribution in [0.15, 0.2) is 24.3 Å². The number of nitrogens with zero attached hydrogens (tertiary/aromatic N) is 1.